The standard InChI is InChI=1S/C16H17F4NO3/c17-12-3-1-10(2-4-12)13(9-14(22)23)11-5-7-21(8-6-11)15(24)16(18,19)20/h1-4,11,13H,5-9H2,(H,22,23). The van der Waals surface area contributed by atoms with Gasteiger partial charge in [-0.15, -0.1) is 0 Å². The number of piperidine rings is 1. The molecule has 24 heavy (non-hydrogen) atoms. The zero-order chi connectivity index (χ0) is 17.9. The molecular formula is C16H17F4NO3. The van der Waals surface area contributed by atoms with Gasteiger partial charge < -0.3 is 10.0 Å². The van der Waals surface area contributed by atoms with Crippen LogP contribution in [0, 0.1) is 11.7 Å². The number of carbonyl (C=O) groups excluding carboxylic acids is 1. The van der Waals surface area contributed by atoms with Gasteiger partial charge in [-0.25, -0.2) is 4.39 Å². The maximum atomic E-state index is 13.0. The summed E-state index contributed by atoms with van der Waals surface area (Å²) in [5.74, 6) is -3.94. The third-order valence-electron chi connectivity index (χ3n) is 4.33. The van der Waals surface area contributed by atoms with Gasteiger partial charge >= 0.3 is 18.1 Å². The van der Waals surface area contributed by atoms with Crippen molar-refractivity contribution in [2.24, 2.45) is 5.92 Å². The maximum Gasteiger partial charge on any atom is 0.471 e. The summed E-state index contributed by atoms with van der Waals surface area (Å²) in [6, 6.07) is 5.45. The lowest BCUT2D eigenvalue weighted by Crippen LogP contribution is -2.46. The largest absolute Gasteiger partial charge is 0.481 e. The molecule has 0 bridgehead atoms. The lowest BCUT2D eigenvalue weighted by atomic mass is 9.78. The Balaban J connectivity index is 2.08. The first-order chi connectivity index (χ1) is 11.2. The van der Waals surface area contributed by atoms with E-state index in [1.807, 2.05) is 0 Å². The van der Waals surface area contributed by atoms with Gasteiger partial charge in [-0.1, -0.05) is 12.1 Å². The van der Waals surface area contributed by atoms with Gasteiger partial charge in [0.25, 0.3) is 0 Å². The molecule has 2 rings (SSSR count). The highest BCUT2D eigenvalue weighted by atomic mass is 19.4. The molecule has 1 N–H and O–H groups in total. The summed E-state index contributed by atoms with van der Waals surface area (Å²) in [7, 11) is 0. The molecule has 1 heterocycles. The molecule has 0 radical (unpaired) electrons. The molecule has 1 saturated heterocycles. The predicted molar refractivity (Wildman–Crippen MR) is 76.8 cm³/mol. The van der Waals surface area contributed by atoms with E-state index in [0.717, 1.165) is 4.90 Å². The van der Waals surface area contributed by atoms with E-state index in [1.165, 1.54) is 24.3 Å². The highest BCUT2D eigenvalue weighted by Crippen LogP contribution is 2.36. The van der Waals surface area contributed by atoms with Gasteiger partial charge in [0.1, 0.15) is 5.82 Å². The first kappa shape index (κ1) is 18.2. The second-order valence-electron chi connectivity index (χ2n) is 5.88. The number of hydrogen-bond donors (Lipinski definition) is 1. The zero-order valence-electron chi connectivity index (χ0n) is 12.7. The number of hydrogen-bond acceptors (Lipinski definition) is 2. The number of aliphatic carboxylic acids is 1. The Morgan fingerprint density at radius 3 is 2.17 bits per heavy atom. The van der Waals surface area contributed by atoms with Crippen molar-refractivity contribution < 1.29 is 32.3 Å². The molecule has 4 nitrogen and oxygen atoms in total. The van der Waals surface area contributed by atoms with E-state index >= 15 is 0 Å². The Bertz CT molecular complexity index is 592. The van der Waals surface area contributed by atoms with E-state index in [4.69, 9.17) is 5.11 Å². The van der Waals surface area contributed by atoms with Gasteiger partial charge in [-0.2, -0.15) is 13.2 Å². The van der Waals surface area contributed by atoms with Crippen LogP contribution in [0.2, 0.25) is 0 Å². The van der Waals surface area contributed by atoms with E-state index in [1.54, 1.807) is 0 Å². The van der Waals surface area contributed by atoms with Crippen molar-refractivity contribution >= 4 is 11.9 Å². The van der Waals surface area contributed by atoms with Crippen molar-refractivity contribution in [3.63, 3.8) is 0 Å². The number of amides is 1. The first-order valence-electron chi connectivity index (χ1n) is 7.52. The molecule has 1 aromatic carbocycles. The number of carboxylic acid groups (broad SMARTS) is 1. The van der Waals surface area contributed by atoms with Gasteiger partial charge in [0, 0.05) is 13.1 Å². The van der Waals surface area contributed by atoms with Crippen LogP contribution in [0.1, 0.15) is 30.7 Å². The molecule has 1 unspecified atom stereocenters. The summed E-state index contributed by atoms with van der Waals surface area (Å²) in [5, 5.41) is 9.09. The van der Waals surface area contributed by atoms with Crippen LogP contribution in [0.25, 0.3) is 0 Å². The fourth-order valence-electron chi connectivity index (χ4n) is 3.14. The number of likely N-dealkylation sites (tertiary alicyclic amines) is 1. The van der Waals surface area contributed by atoms with Crippen molar-refractivity contribution in [1.29, 1.82) is 0 Å². The van der Waals surface area contributed by atoms with Crippen LogP contribution >= 0.6 is 0 Å². The number of carbonyl (C=O) groups is 2. The van der Waals surface area contributed by atoms with Crippen molar-refractivity contribution in [3.05, 3.63) is 35.6 Å². The Hall–Kier alpha value is -2.12. The highest BCUT2D eigenvalue weighted by Gasteiger charge is 2.43. The molecule has 0 aliphatic carbocycles. The third-order valence-corrected chi connectivity index (χ3v) is 4.33. The number of rotatable bonds is 4. The summed E-state index contributed by atoms with van der Waals surface area (Å²) in [5.41, 5.74) is 0.638. The average Bonchev–Trinajstić information content (AvgIpc) is 2.52. The van der Waals surface area contributed by atoms with Crippen molar-refractivity contribution in [1.82, 2.24) is 4.90 Å². The Labute approximate surface area is 136 Å². The maximum absolute atomic E-state index is 13.0. The van der Waals surface area contributed by atoms with Crippen molar-refractivity contribution in [2.75, 3.05) is 13.1 Å². The minimum Gasteiger partial charge on any atom is -0.481 e. The minimum absolute atomic E-state index is 0.0691. The van der Waals surface area contributed by atoms with Crippen LogP contribution in [0.4, 0.5) is 17.6 Å². The van der Waals surface area contributed by atoms with Crippen molar-refractivity contribution in [2.45, 2.75) is 31.4 Å². The number of halogens is 4. The number of carboxylic acids is 1. The summed E-state index contributed by atoms with van der Waals surface area (Å²) < 4.78 is 50.4. The Morgan fingerprint density at radius 1 is 1.17 bits per heavy atom. The molecule has 132 valence electrons. The van der Waals surface area contributed by atoms with Crippen LogP contribution in [-0.2, 0) is 9.59 Å². The molecule has 1 fully saturated rings. The van der Waals surface area contributed by atoms with Crippen LogP contribution in [0.3, 0.4) is 0 Å². The summed E-state index contributed by atoms with van der Waals surface area (Å²) in [4.78, 5) is 23.1. The monoisotopic (exact) mass is 347 g/mol. The van der Waals surface area contributed by atoms with E-state index in [-0.39, 0.29) is 38.3 Å². The lowest BCUT2D eigenvalue weighted by molar-refractivity contribution is -0.186. The summed E-state index contributed by atoms with van der Waals surface area (Å²) >= 11 is 0. The second kappa shape index (κ2) is 7.19. The molecule has 1 aromatic rings. The molecule has 1 atom stereocenters. The van der Waals surface area contributed by atoms with Gasteiger partial charge in [-0.05, 0) is 42.4 Å². The molecule has 1 amide bonds. The molecule has 0 aromatic heterocycles. The Morgan fingerprint density at radius 2 is 1.71 bits per heavy atom. The average molecular weight is 347 g/mol. The molecule has 8 heteroatoms. The zero-order valence-corrected chi connectivity index (χ0v) is 12.7. The fourth-order valence-corrected chi connectivity index (χ4v) is 3.14. The van der Waals surface area contributed by atoms with Gasteiger partial charge in [0.05, 0.1) is 6.42 Å². The fraction of sp³-hybridized carbons (Fsp3) is 0.500. The van der Waals surface area contributed by atoms with Crippen LogP contribution in [-0.4, -0.2) is 41.1 Å². The van der Waals surface area contributed by atoms with Crippen LogP contribution in [0.5, 0.6) is 0 Å². The summed E-state index contributed by atoms with van der Waals surface area (Å²) in [6.45, 7) is -0.138. The molecule has 1 aliphatic rings. The third kappa shape index (κ3) is 4.46. The number of benzene rings is 1. The molecule has 1 aliphatic heterocycles. The molecule has 0 spiro atoms. The normalized spacial score (nSPS) is 17.6. The van der Waals surface area contributed by atoms with Gasteiger partial charge in [0.2, 0.25) is 0 Å². The summed E-state index contributed by atoms with van der Waals surface area (Å²) in [6.07, 6.45) is -4.54. The SMILES string of the molecule is O=C(O)CC(c1ccc(F)cc1)C1CCN(C(=O)C(F)(F)F)CC1. The quantitative estimate of drug-likeness (QED) is 0.851. The highest BCUT2D eigenvalue weighted by molar-refractivity contribution is 5.81. The van der Waals surface area contributed by atoms with Crippen LogP contribution in [0.15, 0.2) is 24.3 Å². The lowest BCUT2D eigenvalue weighted by Gasteiger charge is -2.36. The first-order valence-corrected chi connectivity index (χ1v) is 7.52. The number of nitrogens with zero attached hydrogens (tertiary/aromatic N) is 1. The van der Waals surface area contributed by atoms with Crippen molar-refractivity contribution in [3.8, 4) is 0 Å². The van der Waals surface area contributed by atoms with E-state index in [9.17, 15) is 27.2 Å². The van der Waals surface area contributed by atoms with Gasteiger partial charge in [-0.3, -0.25) is 9.59 Å². The predicted octanol–water partition coefficient (Wildman–Crippen LogP) is 3.18. The topological polar surface area (TPSA) is 57.6 Å². The van der Waals surface area contributed by atoms with E-state index in [2.05, 4.69) is 0 Å². The molecular weight excluding hydrogens is 330 g/mol. The van der Waals surface area contributed by atoms with E-state index < -0.39 is 29.8 Å². The minimum atomic E-state index is -4.90. The smallest absolute Gasteiger partial charge is 0.471 e. The van der Waals surface area contributed by atoms with Crippen LogP contribution < -0.4 is 0 Å². The number of alkyl halides is 3. The van der Waals surface area contributed by atoms with Gasteiger partial charge in [0.15, 0.2) is 0 Å². The molecule has 0 saturated carbocycles. The Kier molecular flexibility index (Phi) is 5.46. The van der Waals surface area contributed by atoms with E-state index in [0.29, 0.717) is 5.56 Å². The second-order valence-corrected chi connectivity index (χ2v) is 5.88.